The fraction of sp³-hybridized carbons (Fsp3) is 0.478. The number of fused-ring (bicyclic) bond motifs is 2. The van der Waals surface area contributed by atoms with Gasteiger partial charge in [-0.3, -0.25) is 0 Å². The summed E-state index contributed by atoms with van der Waals surface area (Å²) in [6.07, 6.45) is -0.532. The summed E-state index contributed by atoms with van der Waals surface area (Å²) >= 11 is 0. The zero-order chi connectivity index (χ0) is 20.9. The fourth-order valence-electron chi connectivity index (χ4n) is 3.26. The molecule has 164 valence electrons. The Morgan fingerprint density at radius 1 is 0.667 bits per heavy atom. The van der Waals surface area contributed by atoms with Crippen LogP contribution in [-0.4, -0.2) is 57.3 Å². The molecule has 3 rings (SSSR count). The molecule has 7 nitrogen and oxygen atoms in total. The number of aliphatic hydroxyl groups is 1. The topological polar surface area (TPSA) is 86.8 Å². The average Bonchev–Trinajstić information content (AvgIpc) is 2.76. The molecular weight excluding hydrogens is 380 g/mol. The summed E-state index contributed by atoms with van der Waals surface area (Å²) in [7, 11) is 0. The molecule has 0 fully saturated rings. The number of hydrogen-bond acceptors (Lipinski definition) is 7. The highest BCUT2D eigenvalue weighted by atomic mass is 16.6. The van der Waals surface area contributed by atoms with E-state index in [2.05, 4.69) is 27.3 Å². The summed E-state index contributed by atoms with van der Waals surface area (Å²) in [5, 5.41) is 24.1. The molecule has 1 aliphatic rings. The van der Waals surface area contributed by atoms with Crippen molar-refractivity contribution in [3.8, 4) is 11.5 Å². The average molecular weight is 415 g/mol. The molecule has 0 radical (unpaired) electrons. The maximum absolute atomic E-state index is 10.3. The Kier molecular flexibility index (Phi) is 9.91. The predicted octanol–water partition coefficient (Wildman–Crippen LogP) is 1.22. The molecule has 0 aromatic heterocycles. The van der Waals surface area contributed by atoms with Crippen LogP contribution in [0.3, 0.4) is 0 Å². The molecule has 0 aliphatic carbocycles. The van der Waals surface area contributed by atoms with Crippen molar-refractivity contribution in [1.82, 2.24) is 21.3 Å². The summed E-state index contributed by atoms with van der Waals surface area (Å²) in [5.74, 6) is 1.54. The molecule has 7 heteroatoms. The highest BCUT2D eigenvalue weighted by Gasteiger charge is 2.11. The molecular formula is C23H34N4O3. The molecule has 0 saturated heterocycles. The Labute approximate surface area is 179 Å². The van der Waals surface area contributed by atoms with Crippen molar-refractivity contribution in [1.29, 1.82) is 0 Å². The quantitative estimate of drug-likeness (QED) is 0.443. The van der Waals surface area contributed by atoms with Gasteiger partial charge in [0.15, 0.2) is 0 Å². The highest BCUT2D eigenvalue weighted by molar-refractivity contribution is 5.34. The van der Waals surface area contributed by atoms with E-state index in [4.69, 9.17) is 9.47 Å². The normalized spacial score (nSPS) is 20.5. The monoisotopic (exact) mass is 414 g/mol. The number of ether oxygens (including phenoxy) is 2. The van der Waals surface area contributed by atoms with Crippen molar-refractivity contribution in [2.24, 2.45) is 0 Å². The molecule has 0 saturated carbocycles. The fourth-order valence-corrected chi connectivity index (χ4v) is 3.26. The lowest BCUT2D eigenvalue weighted by Crippen LogP contribution is -2.35. The zero-order valence-corrected chi connectivity index (χ0v) is 17.5. The maximum Gasteiger partial charge on any atom is 0.200 e. The van der Waals surface area contributed by atoms with Crippen LogP contribution in [0.15, 0.2) is 48.5 Å². The van der Waals surface area contributed by atoms with Crippen molar-refractivity contribution in [2.45, 2.75) is 25.8 Å². The minimum absolute atomic E-state index is 0.381. The van der Waals surface area contributed by atoms with Crippen molar-refractivity contribution >= 4 is 0 Å². The Hall–Kier alpha value is -2.16. The van der Waals surface area contributed by atoms with Crippen LogP contribution >= 0.6 is 0 Å². The van der Waals surface area contributed by atoms with E-state index in [1.165, 1.54) is 0 Å². The zero-order valence-electron chi connectivity index (χ0n) is 17.5. The number of hydrogen-bond donors (Lipinski definition) is 5. The van der Waals surface area contributed by atoms with Crippen LogP contribution < -0.4 is 30.7 Å². The van der Waals surface area contributed by atoms with Gasteiger partial charge in [-0.1, -0.05) is 36.4 Å². The molecule has 0 bridgehead atoms. The number of aliphatic hydroxyl groups excluding tert-OH is 1. The van der Waals surface area contributed by atoms with Gasteiger partial charge in [0.05, 0.1) is 6.61 Å². The minimum Gasteiger partial charge on any atom is -0.493 e. The first kappa shape index (κ1) is 22.5. The molecule has 1 unspecified atom stereocenters. The number of para-hydroxylation sites is 2. The smallest absolute Gasteiger partial charge is 0.200 e. The second-order valence-electron chi connectivity index (χ2n) is 7.28. The van der Waals surface area contributed by atoms with Crippen molar-refractivity contribution in [2.75, 3.05) is 45.9 Å². The SMILES string of the molecule is OC1CCOc2ccccc2CNCCNCCNCCNCc2ccccc2O1. The van der Waals surface area contributed by atoms with Crippen molar-refractivity contribution in [3.05, 3.63) is 59.7 Å². The van der Waals surface area contributed by atoms with Crippen LogP contribution in [0.2, 0.25) is 0 Å². The first-order chi connectivity index (χ1) is 14.8. The van der Waals surface area contributed by atoms with Crippen LogP contribution in [0.4, 0.5) is 0 Å². The van der Waals surface area contributed by atoms with Crippen LogP contribution in [0, 0.1) is 0 Å². The molecule has 5 N–H and O–H groups in total. The third kappa shape index (κ3) is 7.93. The molecule has 2 aromatic rings. The summed E-state index contributed by atoms with van der Waals surface area (Å²) in [4.78, 5) is 0. The van der Waals surface area contributed by atoms with Gasteiger partial charge < -0.3 is 35.8 Å². The summed E-state index contributed by atoms with van der Waals surface area (Å²) in [6, 6.07) is 15.8. The summed E-state index contributed by atoms with van der Waals surface area (Å²) in [5.41, 5.74) is 2.14. The van der Waals surface area contributed by atoms with Crippen LogP contribution in [0.1, 0.15) is 17.5 Å². The number of rotatable bonds is 0. The summed E-state index contributed by atoms with van der Waals surface area (Å²) < 4.78 is 11.7. The third-order valence-corrected chi connectivity index (χ3v) is 4.90. The van der Waals surface area contributed by atoms with Gasteiger partial charge in [-0.15, -0.1) is 0 Å². The maximum atomic E-state index is 10.3. The van der Waals surface area contributed by atoms with Crippen molar-refractivity contribution in [3.63, 3.8) is 0 Å². The Morgan fingerprint density at radius 2 is 1.17 bits per heavy atom. The van der Waals surface area contributed by atoms with E-state index in [0.29, 0.717) is 25.3 Å². The van der Waals surface area contributed by atoms with Crippen LogP contribution in [0.25, 0.3) is 0 Å². The van der Waals surface area contributed by atoms with Crippen molar-refractivity contribution < 1.29 is 14.6 Å². The Bertz CT molecular complexity index is 744. The molecule has 0 amide bonds. The lowest BCUT2D eigenvalue weighted by molar-refractivity contribution is -0.0314. The standard InChI is InChI=1S/C23H34N4O3/c28-23-9-16-29-21-7-3-1-5-19(21)17-26-14-12-24-10-11-25-13-15-27-18-20-6-2-4-8-22(20)30-23/h1-8,23-28H,9-18H2. The van der Waals surface area contributed by atoms with Gasteiger partial charge >= 0.3 is 0 Å². The Balaban J connectivity index is 1.59. The van der Waals surface area contributed by atoms with Gasteiger partial charge in [-0.25, -0.2) is 0 Å². The number of benzene rings is 2. The first-order valence-corrected chi connectivity index (χ1v) is 10.8. The highest BCUT2D eigenvalue weighted by Crippen LogP contribution is 2.21. The summed E-state index contributed by atoms with van der Waals surface area (Å²) in [6.45, 7) is 7.27. The second kappa shape index (κ2) is 13.2. The third-order valence-electron chi connectivity index (χ3n) is 4.90. The lowest BCUT2D eigenvalue weighted by Gasteiger charge is -2.18. The molecule has 2 aromatic carbocycles. The van der Waals surface area contributed by atoms with E-state index in [-0.39, 0.29) is 0 Å². The van der Waals surface area contributed by atoms with Gasteiger partial charge in [-0.05, 0) is 12.1 Å². The first-order valence-electron chi connectivity index (χ1n) is 10.8. The van der Waals surface area contributed by atoms with E-state index in [9.17, 15) is 5.11 Å². The largest absolute Gasteiger partial charge is 0.493 e. The van der Waals surface area contributed by atoms with E-state index in [1.807, 2.05) is 42.5 Å². The minimum atomic E-state index is -0.918. The Morgan fingerprint density at radius 3 is 1.80 bits per heavy atom. The second-order valence-corrected chi connectivity index (χ2v) is 7.28. The van der Waals surface area contributed by atoms with E-state index in [1.54, 1.807) is 0 Å². The van der Waals surface area contributed by atoms with Crippen LogP contribution in [-0.2, 0) is 13.1 Å². The predicted molar refractivity (Wildman–Crippen MR) is 119 cm³/mol. The van der Waals surface area contributed by atoms with E-state index >= 15 is 0 Å². The molecule has 30 heavy (non-hydrogen) atoms. The van der Waals surface area contributed by atoms with E-state index < -0.39 is 6.29 Å². The molecule has 1 atom stereocenters. The van der Waals surface area contributed by atoms with Gasteiger partial charge in [0, 0.05) is 69.9 Å². The lowest BCUT2D eigenvalue weighted by atomic mass is 10.2. The van der Waals surface area contributed by atoms with Gasteiger partial charge in [0.1, 0.15) is 11.5 Å². The van der Waals surface area contributed by atoms with E-state index in [0.717, 1.165) is 62.7 Å². The molecule has 1 aliphatic heterocycles. The van der Waals surface area contributed by atoms with Crippen LogP contribution in [0.5, 0.6) is 11.5 Å². The van der Waals surface area contributed by atoms with Gasteiger partial charge in [0.25, 0.3) is 0 Å². The molecule has 1 heterocycles. The van der Waals surface area contributed by atoms with Gasteiger partial charge in [-0.2, -0.15) is 0 Å². The van der Waals surface area contributed by atoms with Gasteiger partial charge in [0.2, 0.25) is 6.29 Å². The number of nitrogens with one attached hydrogen (secondary N) is 4. The molecule has 0 spiro atoms.